The standard InChI is InChI=1S/C13H11N5O4/c1-2-22-8-5-6(13(20)21)3-4-7(8)10-14-11-9(12(19)15-10)16-18-17-11/h3-5H,2H2,1H3,(H,20,21)(H2,14,15,16,17,18,19). The number of carbonyl (C=O) groups is 1. The Kier molecular flexibility index (Phi) is 3.30. The summed E-state index contributed by atoms with van der Waals surface area (Å²) < 4.78 is 5.45. The number of fused-ring (bicyclic) bond motifs is 1. The zero-order valence-electron chi connectivity index (χ0n) is 11.5. The molecule has 3 aromatic rings. The maximum Gasteiger partial charge on any atom is 0.335 e. The van der Waals surface area contributed by atoms with Crippen LogP contribution in [0.1, 0.15) is 17.3 Å². The van der Waals surface area contributed by atoms with Gasteiger partial charge in [-0.1, -0.05) is 5.21 Å². The molecular formula is C13H11N5O4. The maximum atomic E-state index is 11.9. The third-order valence-corrected chi connectivity index (χ3v) is 2.98. The molecule has 112 valence electrons. The van der Waals surface area contributed by atoms with Crippen LogP contribution in [0.15, 0.2) is 23.0 Å². The quantitative estimate of drug-likeness (QED) is 0.649. The van der Waals surface area contributed by atoms with Gasteiger partial charge < -0.3 is 14.8 Å². The summed E-state index contributed by atoms with van der Waals surface area (Å²) in [4.78, 5) is 29.8. The van der Waals surface area contributed by atoms with Crippen molar-refractivity contribution in [2.45, 2.75) is 6.92 Å². The Morgan fingerprint density at radius 1 is 1.41 bits per heavy atom. The number of ether oxygens (including phenoxy) is 1. The summed E-state index contributed by atoms with van der Waals surface area (Å²) >= 11 is 0. The topological polar surface area (TPSA) is 134 Å². The first kappa shape index (κ1) is 13.7. The molecule has 2 heterocycles. The van der Waals surface area contributed by atoms with Crippen molar-refractivity contribution in [1.82, 2.24) is 25.4 Å². The lowest BCUT2D eigenvalue weighted by molar-refractivity contribution is 0.0696. The SMILES string of the molecule is CCOc1cc(C(=O)O)ccc1-c1nc2[nH]nnc2c(=O)[nH]1. The van der Waals surface area contributed by atoms with E-state index in [4.69, 9.17) is 9.84 Å². The van der Waals surface area contributed by atoms with Crippen molar-refractivity contribution in [1.29, 1.82) is 0 Å². The molecule has 22 heavy (non-hydrogen) atoms. The Morgan fingerprint density at radius 2 is 2.23 bits per heavy atom. The van der Waals surface area contributed by atoms with Gasteiger partial charge in [0.15, 0.2) is 11.2 Å². The highest BCUT2D eigenvalue weighted by Crippen LogP contribution is 2.28. The summed E-state index contributed by atoms with van der Waals surface area (Å²) in [5.74, 6) is -0.511. The van der Waals surface area contributed by atoms with Gasteiger partial charge in [-0.15, -0.1) is 5.10 Å². The molecule has 0 unspecified atom stereocenters. The van der Waals surface area contributed by atoms with Gasteiger partial charge >= 0.3 is 5.97 Å². The number of nitrogens with zero attached hydrogens (tertiary/aromatic N) is 3. The van der Waals surface area contributed by atoms with E-state index in [9.17, 15) is 9.59 Å². The Balaban J connectivity index is 2.20. The van der Waals surface area contributed by atoms with Crippen molar-refractivity contribution in [2.75, 3.05) is 6.61 Å². The van der Waals surface area contributed by atoms with Crippen LogP contribution in [0, 0.1) is 0 Å². The molecule has 1 aromatic carbocycles. The molecule has 0 atom stereocenters. The normalized spacial score (nSPS) is 10.8. The number of hydrogen-bond acceptors (Lipinski definition) is 6. The number of benzene rings is 1. The van der Waals surface area contributed by atoms with E-state index in [1.54, 1.807) is 6.92 Å². The van der Waals surface area contributed by atoms with Gasteiger partial charge in [0.05, 0.1) is 17.7 Å². The first-order valence-electron chi connectivity index (χ1n) is 6.41. The van der Waals surface area contributed by atoms with Gasteiger partial charge in [0.1, 0.15) is 11.6 Å². The van der Waals surface area contributed by atoms with Crippen LogP contribution in [0.5, 0.6) is 5.75 Å². The van der Waals surface area contributed by atoms with Crippen LogP contribution in [0.3, 0.4) is 0 Å². The summed E-state index contributed by atoms with van der Waals surface area (Å²) in [7, 11) is 0. The molecule has 0 aliphatic heterocycles. The smallest absolute Gasteiger partial charge is 0.335 e. The number of rotatable bonds is 4. The second-order valence-corrected chi connectivity index (χ2v) is 4.37. The van der Waals surface area contributed by atoms with Crippen molar-refractivity contribution >= 4 is 17.1 Å². The molecule has 0 aliphatic carbocycles. The van der Waals surface area contributed by atoms with Gasteiger partial charge in [0, 0.05) is 0 Å². The van der Waals surface area contributed by atoms with Crippen molar-refractivity contribution in [2.24, 2.45) is 0 Å². The minimum Gasteiger partial charge on any atom is -0.493 e. The Morgan fingerprint density at radius 3 is 2.95 bits per heavy atom. The number of nitrogens with one attached hydrogen (secondary N) is 2. The summed E-state index contributed by atoms with van der Waals surface area (Å²) in [6.45, 7) is 2.11. The lowest BCUT2D eigenvalue weighted by Gasteiger charge is -2.10. The summed E-state index contributed by atoms with van der Waals surface area (Å²) in [5.41, 5.74) is 0.449. The van der Waals surface area contributed by atoms with Crippen LogP contribution in [-0.4, -0.2) is 43.1 Å². The van der Waals surface area contributed by atoms with E-state index in [0.29, 0.717) is 17.9 Å². The molecule has 0 aliphatic rings. The summed E-state index contributed by atoms with van der Waals surface area (Å²) in [6.07, 6.45) is 0. The van der Waals surface area contributed by atoms with E-state index in [0.717, 1.165) is 0 Å². The number of aromatic nitrogens is 5. The van der Waals surface area contributed by atoms with Crippen molar-refractivity contribution in [3.05, 3.63) is 34.1 Å². The van der Waals surface area contributed by atoms with E-state index in [1.807, 2.05) is 0 Å². The van der Waals surface area contributed by atoms with E-state index >= 15 is 0 Å². The zero-order valence-corrected chi connectivity index (χ0v) is 11.5. The molecule has 0 radical (unpaired) electrons. The van der Waals surface area contributed by atoms with Crippen LogP contribution < -0.4 is 10.3 Å². The highest BCUT2D eigenvalue weighted by Gasteiger charge is 2.15. The predicted octanol–water partition coefficient (Wildman–Crippen LogP) is 0.805. The fourth-order valence-electron chi connectivity index (χ4n) is 2.01. The first-order chi connectivity index (χ1) is 10.6. The highest BCUT2D eigenvalue weighted by molar-refractivity contribution is 5.89. The van der Waals surface area contributed by atoms with Crippen molar-refractivity contribution < 1.29 is 14.6 Å². The lowest BCUT2D eigenvalue weighted by Crippen LogP contribution is -2.10. The number of aromatic carboxylic acids is 1. The van der Waals surface area contributed by atoms with E-state index in [2.05, 4.69) is 25.4 Å². The van der Waals surface area contributed by atoms with E-state index < -0.39 is 11.5 Å². The van der Waals surface area contributed by atoms with E-state index in [1.165, 1.54) is 18.2 Å². The van der Waals surface area contributed by atoms with Gasteiger partial charge in [-0.3, -0.25) is 4.79 Å². The first-order valence-corrected chi connectivity index (χ1v) is 6.41. The Bertz CT molecular complexity index is 914. The molecule has 0 spiro atoms. The van der Waals surface area contributed by atoms with Gasteiger partial charge in [-0.05, 0) is 25.1 Å². The number of hydrogen-bond donors (Lipinski definition) is 3. The molecule has 2 aromatic heterocycles. The Labute approximate surface area is 123 Å². The molecule has 3 N–H and O–H groups in total. The molecule has 0 saturated heterocycles. The number of carboxylic acid groups (broad SMARTS) is 1. The minimum atomic E-state index is -1.07. The number of carboxylic acids is 1. The minimum absolute atomic E-state index is 0.0823. The Hall–Kier alpha value is -3.23. The van der Waals surface area contributed by atoms with Gasteiger partial charge in [0.2, 0.25) is 0 Å². The second kappa shape index (κ2) is 5.28. The maximum absolute atomic E-state index is 11.9. The fraction of sp³-hybridized carbons (Fsp3) is 0.154. The molecular weight excluding hydrogens is 290 g/mol. The molecule has 0 bridgehead atoms. The highest BCUT2D eigenvalue weighted by atomic mass is 16.5. The average molecular weight is 301 g/mol. The average Bonchev–Trinajstić information content (AvgIpc) is 2.96. The van der Waals surface area contributed by atoms with Crippen LogP contribution in [0.25, 0.3) is 22.6 Å². The predicted molar refractivity (Wildman–Crippen MR) is 75.9 cm³/mol. The molecule has 0 fully saturated rings. The van der Waals surface area contributed by atoms with Gasteiger partial charge in [-0.2, -0.15) is 0 Å². The van der Waals surface area contributed by atoms with Crippen LogP contribution >= 0.6 is 0 Å². The molecule has 3 rings (SSSR count). The molecule has 0 amide bonds. The van der Waals surface area contributed by atoms with Crippen LogP contribution in [0.2, 0.25) is 0 Å². The van der Waals surface area contributed by atoms with E-state index in [-0.39, 0.29) is 22.6 Å². The zero-order chi connectivity index (χ0) is 15.7. The molecule has 9 nitrogen and oxygen atoms in total. The summed E-state index contributed by atoms with van der Waals surface area (Å²) in [6, 6.07) is 4.33. The van der Waals surface area contributed by atoms with Crippen LogP contribution in [-0.2, 0) is 0 Å². The summed E-state index contributed by atoms with van der Waals surface area (Å²) in [5, 5.41) is 18.7. The number of H-pyrrole nitrogens is 2. The lowest BCUT2D eigenvalue weighted by atomic mass is 10.1. The second-order valence-electron chi connectivity index (χ2n) is 4.37. The molecule has 9 heteroatoms. The van der Waals surface area contributed by atoms with Crippen LogP contribution in [0.4, 0.5) is 0 Å². The number of aromatic amines is 2. The van der Waals surface area contributed by atoms with Crippen molar-refractivity contribution in [3.63, 3.8) is 0 Å². The van der Waals surface area contributed by atoms with Gasteiger partial charge in [0.25, 0.3) is 5.56 Å². The largest absolute Gasteiger partial charge is 0.493 e. The van der Waals surface area contributed by atoms with Gasteiger partial charge in [-0.25, -0.2) is 14.9 Å². The fourth-order valence-corrected chi connectivity index (χ4v) is 2.01. The third kappa shape index (κ3) is 2.28. The van der Waals surface area contributed by atoms with Crippen molar-refractivity contribution in [3.8, 4) is 17.1 Å². The monoisotopic (exact) mass is 301 g/mol. The third-order valence-electron chi connectivity index (χ3n) is 2.98. The molecule has 0 saturated carbocycles.